The van der Waals surface area contributed by atoms with Crippen LogP contribution in [0.4, 0.5) is 5.69 Å². The van der Waals surface area contributed by atoms with Crippen LogP contribution in [0.5, 0.6) is 11.5 Å². The first-order valence-corrected chi connectivity index (χ1v) is 5.71. The fourth-order valence-electron chi connectivity index (χ4n) is 1.69. The fraction of sp³-hybridized carbons (Fsp3) is 0.417. The molecule has 1 aliphatic rings. The summed E-state index contributed by atoms with van der Waals surface area (Å²) in [6.07, 6.45) is -0.538. The number of morpholine rings is 1. The van der Waals surface area contributed by atoms with Crippen LogP contribution in [0.25, 0.3) is 0 Å². The Morgan fingerprint density at radius 1 is 1.61 bits per heavy atom. The summed E-state index contributed by atoms with van der Waals surface area (Å²) in [4.78, 5) is 11.9. The lowest BCUT2D eigenvalue weighted by Gasteiger charge is -2.22. The molecule has 1 saturated heterocycles. The van der Waals surface area contributed by atoms with E-state index in [4.69, 9.17) is 9.47 Å². The lowest BCUT2D eigenvalue weighted by Crippen LogP contribution is -2.45. The molecular weight excluding hydrogens is 236 g/mol. The zero-order valence-corrected chi connectivity index (χ0v) is 10.1. The quantitative estimate of drug-likeness (QED) is 0.675. The molecule has 1 heterocycles. The van der Waals surface area contributed by atoms with Gasteiger partial charge in [0.2, 0.25) is 0 Å². The maximum absolute atomic E-state index is 11.9. The van der Waals surface area contributed by atoms with Gasteiger partial charge in [0.25, 0.3) is 5.91 Å². The Morgan fingerprint density at radius 2 is 2.44 bits per heavy atom. The predicted molar refractivity (Wildman–Crippen MR) is 65.9 cm³/mol. The van der Waals surface area contributed by atoms with Crippen molar-refractivity contribution in [3.05, 3.63) is 18.2 Å². The number of methoxy groups -OCH3 is 1. The summed E-state index contributed by atoms with van der Waals surface area (Å²) >= 11 is 0. The number of carbonyl (C=O) groups is 1. The van der Waals surface area contributed by atoms with Gasteiger partial charge in [-0.05, 0) is 12.1 Å². The van der Waals surface area contributed by atoms with Crippen molar-refractivity contribution in [3.63, 3.8) is 0 Å². The van der Waals surface area contributed by atoms with Crippen LogP contribution < -0.4 is 15.4 Å². The summed E-state index contributed by atoms with van der Waals surface area (Å²) in [5, 5.41) is 15.3. The summed E-state index contributed by atoms with van der Waals surface area (Å²) in [6.45, 7) is 1.72. The third kappa shape index (κ3) is 2.91. The number of carbonyl (C=O) groups excluding carboxylic acids is 1. The van der Waals surface area contributed by atoms with Gasteiger partial charge in [0, 0.05) is 19.2 Å². The average Bonchev–Trinajstić information content (AvgIpc) is 2.42. The van der Waals surface area contributed by atoms with Gasteiger partial charge in [-0.15, -0.1) is 0 Å². The minimum absolute atomic E-state index is 0.00656. The number of ether oxygens (including phenoxy) is 2. The van der Waals surface area contributed by atoms with Gasteiger partial charge in [-0.1, -0.05) is 0 Å². The van der Waals surface area contributed by atoms with Crippen LogP contribution in [0, 0.1) is 0 Å². The highest BCUT2D eigenvalue weighted by molar-refractivity contribution is 5.95. The van der Waals surface area contributed by atoms with Crippen molar-refractivity contribution in [2.24, 2.45) is 0 Å². The largest absolute Gasteiger partial charge is 0.506 e. The number of benzene rings is 1. The summed E-state index contributed by atoms with van der Waals surface area (Å²) in [5.74, 6) is 0.268. The van der Waals surface area contributed by atoms with Crippen molar-refractivity contribution in [1.29, 1.82) is 0 Å². The second-order valence-corrected chi connectivity index (χ2v) is 3.94. The van der Waals surface area contributed by atoms with Crippen LogP contribution >= 0.6 is 0 Å². The third-order valence-electron chi connectivity index (χ3n) is 2.68. The summed E-state index contributed by atoms with van der Waals surface area (Å²) in [5.41, 5.74) is 0.313. The molecule has 1 atom stereocenters. The highest BCUT2D eigenvalue weighted by Gasteiger charge is 2.22. The van der Waals surface area contributed by atoms with Gasteiger partial charge in [0.05, 0.1) is 19.4 Å². The topological polar surface area (TPSA) is 79.8 Å². The van der Waals surface area contributed by atoms with Crippen LogP contribution in [0.3, 0.4) is 0 Å². The number of amides is 1. The van der Waals surface area contributed by atoms with E-state index in [1.54, 1.807) is 12.1 Å². The molecule has 6 heteroatoms. The second kappa shape index (κ2) is 5.70. The zero-order valence-electron chi connectivity index (χ0n) is 10.1. The van der Waals surface area contributed by atoms with Gasteiger partial charge in [-0.2, -0.15) is 0 Å². The van der Waals surface area contributed by atoms with E-state index in [1.807, 2.05) is 0 Å². The molecule has 0 aliphatic carbocycles. The van der Waals surface area contributed by atoms with Crippen molar-refractivity contribution in [1.82, 2.24) is 5.32 Å². The lowest BCUT2D eigenvalue weighted by atomic mass is 10.2. The van der Waals surface area contributed by atoms with Gasteiger partial charge < -0.3 is 25.2 Å². The van der Waals surface area contributed by atoms with Crippen molar-refractivity contribution in [2.75, 3.05) is 32.1 Å². The Labute approximate surface area is 105 Å². The molecule has 6 nitrogen and oxygen atoms in total. The molecule has 0 bridgehead atoms. The summed E-state index contributed by atoms with van der Waals surface area (Å²) in [6, 6.07) is 4.64. The number of rotatable bonds is 3. The number of hydrogen-bond acceptors (Lipinski definition) is 5. The molecule has 1 aromatic carbocycles. The maximum atomic E-state index is 11.9. The molecule has 1 aliphatic heterocycles. The summed E-state index contributed by atoms with van der Waals surface area (Å²) in [7, 11) is 1.52. The van der Waals surface area contributed by atoms with Crippen LogP contribution in [0.1, 0.15) is 0 Å². The molecule has 98 valence electrons. The van der Waals surface area contributed by atoms with Gasteiger partial charge in [0.1, 0.15) is 17.6 Å². The molecule has 3 N–H and O–H groups in total. The number of aromatic hydroxyl groups is 1. The predicted octanol–water partition coefficient (Wildman–Crippen LogP) is 0.328. The van der Waals surface area contributed by atoms with Gasteiger partial charge in [-0.25, -0.2) is 0 Å². The van der Waals surface area contributed by atoms with E-state index in [1.165, 1.54) is 13.2 Å². The molecule has 1 fully saturated rings. The Kier molecular flexibility index (Phi) is 4.01. The standard InChI is InChI=1S/C12H16N2O4/c1-17-8-2-3-10(15)9(6-8)14-12(16)11-7-13-4-5-18-11/h2-3,6,11,13,15H,4-5,7H2,1H3,(H,14,16). The van der Waals surface area contributed by atoms with Crippen molar-refractivity contribution >= 4 is 11.6 Å². The van der Waals surface area contributed by atoms with Crippen LogP contribution in [0.15, 0.2) is 18.2 Å². The van der Waals surface area contributed by atoms with Crippen molar-refractivity contribution < 1.29 is 19.4 Å². The first-order chi connectivity index (χ1) is 8.70. The molecule has 1 unspecified atom stereocenters. The molecule has 2 rings (SSSR count). The number of nitrogens with one attached hydrogen (secondary N) is 2. The molecule has 1 aromatic rings. The van der Waals surface area contributed by atoms with E-state index in [0.29, 0.717) is 24.6 Å². The maximum Gasteiger partial charge on any atom is 0.254 e. The minimum Gasteiger partial charge on any atom is -0.506 e. The van der Waals surface area contributed by atoms with Gasteiger partial charge in [0.15, 0.2) is 0 Å². The number of phenolic OH excluding ortho intramolecular Hbond substituents is 1. The van der Waals surface area contributed by atoms with Crippen molar-refractivity contribution in [2.45, 2.75) is 6.10 Å². The van der Waals surface area contributed by atoms with Crippen LogP contribution in [-0.4, -0.2) is 43.9 Å². The SMILES string of the molecule is COc1ccc(O)c(NC(=O)C2CNCCO2)c1. The molecule has 18 heavy (non-hydrogen) atoms. The van der Waals surface area contributed by atoms with E-state index < -0.39 is 6.10 Å². The van der Waals surface area contributed by atoms with Gasteiger partial charge in [-0.3, -0.25) is 4.79 Å². The smallest absolute Gasteiger partial charge is 0.254 e. The van der Waals surface area contributed by atoms with Crippen LogP contribution in [-0.2, 0) is 9.53 Å². The molecule has 0 spiro atoms. The molecule has 0 saturated carbocycles. The number of phenols is 1. The molecule has 0 aromatic heterocycles. The molecule has 1 amide bonds. The Bertz CT molecular complexity index is 430. The van der Waals surface area contributed by atoms with Gasteiger partial charge >= 0.3 is 0 Å². The van der Waals surface area contributed by atoms with E-state index in [9.17, 15) is 9.90 Å². The van der Waals surface area contributed by atoms with E-state index in [-0.39, 0.29) is 11.7 Å². The van der Waals surface area contributed by atoms with E-state index in [2.05, 4.69) is 10.6 Å². The summed E-state index contributed by atoms with van der Waals surface area (Å²) < 4.78 is 10.4. The normalized spacial score (nSPS) is 19.3. The first kappa shape index (κ1) is 12.7. The Balaban J connectivity index is 2.05. The molecule has 0 radical (unpaired) electrons. The molecular formula is C12H16N2O4. The van der Waals surface area contributed by atoms with Crippen molar-refractivity contribution in [3.8, 4) is 11.5 Å². The highest BCUT2D eigenvalue weighted by Crippen LogP contribution is 2.27. The number of anilines is 1. The average molecular weight is 252 g/mol. The number of hydrogen-bond donors (Lipinski definition) is 3. The third-order valence-corrected chi connectivity index (χ3v) is 2.68. The highest BCUT2D eigenvalue weighted by atomic mass is 16.5. The van der Waals surface area contributed by atoms with E-state index >= 15 is 0 Å². The Morgan fingerprint density at radius 3 is 3.11 bits per heavy atom. The lowest BCUT2D eigenvalue weighted by molar-refractivity contribution is -0.128. The first-order valence-electron chi connectivity index (χ1n) is 5.71. The second-order valence-electron chi connectivity index (χ2n) is 3.94. The fourth-order valence-corrected chi connectivity index (χ4v) is 1.69. The minimum atomic E-state index is -0.538. The monoisotopic (exact) mass is 252 g/mol. The zero-order chi connectivity index (χ0) is 13.0. The van der Waals surface area contributed by atoms with E-state index in [0.717, 1.165) is 6.54 Å². The van der Waals surface area contributed by atoms with Crippen LogP contribution in [0.2, 0.25) is 0 Å². The Hall–Kier alpha value is -1.79.